The van der Waals surface area contributed by atoms with E-state index in [1.807, 2.05) is 0 Å². The van der Waals surface area contributed by atoms with Crippen molar-refractivity contribution >= 4 is 39.0 Å². The summed E-state index contributed by atoms with van der Waals surface area (Å²) in [6, 6.07) is 17.3. The van der Waals surface area contributed by atoms with E-state index in [0.717, 1.165) is 0 Å². The first-order chi connectivity index (χ1) is 14.6. The predicted molar refractivity (Wildman–Crippen MR) is 118 cm³/mol. The number of benzene rings is 3. The van der Waals surface area contributed by atoms with Gasteiger partial charge in [0.1, 0.15) is 5.75 Å². The first-order valence-electron chi connectivity index (χ1n) is 9.10. The number of sulfonamides is 1. The van der Waals surface area contributed by atoms with Crippen LogP contribution >= 0.6 is 11.6 Å². The molecule has 0 saturated heterocycles. The molecule has 0 bridgehead atoms. The van der Waals surface area contributed by atoms with Gasteiger partial charge in [-0.2, -0.15) is 0 Å². The van der Waals surface area contributed by atoms with Crippen LogP contribution in [-0.4, -0.2) is 26.7 Å². The third kappa shape index (κ3) is 5.69. The Balaban J connectivity index is 1.73. The molecule has 3 aromatic carbocycles. The number of hydrogen-bond donors (Lipinski definition) is 2. The summed E-state index contributed by atoms with van der Waals surface area (Å²) in [4.78, 5) is 25.1. The van der Waals surface area contributed by atoms with Gasteiger partial charge in [0, 0.05) is 16.3 Å². The molecule has 0 saturated carbocycles. The van der Waals surface area contributed by atoms with Crippen molar-refractivity contribution in [2.75, 3.05) is 11.9 Å². The molecule has 0 aliphatic rings. The first-order valence-corrected chi connectivity index (χ1v) is 11.0. The number of rotatable bonds is 7. The van der Waals surface area contributed by atoms with Gasteiger partial charge in [0.05, 0.1) is 10.5 Å². The minimum absolute atomic E-state index is 0.0514. The van der Waals surface area contributed by atoms with Crippen molar-refractivity contribution in [3.05, 3.63) is 88.4 Å². The molecule has 3 rings (SSSR count). The van der Waals surface area contributed by atoms with E-state index in [4.69, 9.17) is 21.5 Å². The Morgan fingerprint density at radius 2 is 1.74 bits per heavy atom. The zero-order valence-electron chi connectivity index (χ0n) is 16.5. The highest BCUT2D eigenvalue weighted by Crippen LogP contribution is 2.26. The van der Waals surface area contributed by atoms with Crippen LogP contribution in [-0.2, 0) is 14.8 Å². The summed E-state index contributed by atoms with van der Waals surface area (Å²) < 4.78 is 28.4. The van der Waals surface area contributed by atoms with Crippen LogP contribution in [0.2, 0.25) is 5.02 Å². The summed E-state index contributed by atoms with van der Waals surface area (Å²) in [6.07, 6.45) is 0. The van der Waals surface area contributed by atoms with Gasteiger partial charge in [0.2, 0.25) is 10.0 Å². The van der Waals surface area contributed by atoms with Gasteiger partial charge >= 0.3 is 0 Å². The summed E-state index contributed by atoms with van der Waals surface area (Å²) in [6.45, 7) is 1.27. The van der Waals surface area contributed by atoms with Crippen molar-refractivity contribution in [2.45, 2.75) is 11.8 Å². The molecule has 0 heterocycles. The van der Waals surface area contributed by atoms with Gasteiger partial charge in [-0.15, -0.1) is 0 Å². The van der Waals surface area contributed by atoms with Crippen LogP contribution < -0.4 is 15.2 Å². The van der Waals surface area contributed by atoms with Crippen LogP contribution in [0, 0.1) is 6.92 Å². The Bertz CT molecular complexity index is 1240. The minimum Gasteiger partial charge on any atom is -0.483 e. The van der Waals surface area contributed by atoms with E-state index in [1.165, 1.54) is 30.3 Å². The molecule has 3 N–H and O–H groups in total. The number of carbonyl (C=O) groups is 2. The van der Waals surface area contributed by atoms with Crippen LogP contribution in [0.3, 0.4) is 0 Å². The number of carbonyl (C=O) groups excluding carboxylic acids is 2. The highest BCUT2D eigenvalue weighted by atomic mass is 35.5. The molecular weight excluding hydrogens is 440 g/mol. The van der Waals surface area contributed by atoms with Crippen molar-refractivity contribution in [1.82, 2.24) is 0 Å². The summed E-state index contributed by atoms with van der Waals surface area (Å²) in [7, 11) is -3.84. The van der Waals surface area contributed by atoms with Crippen LogP contribution in [0.15, 0.2) is 71.6 Å². The standard InChI is InChI=1S/C22H19ClN2O5S/c1-14-11-17(31(24,28)29)8-9-19(14)25-21(26)13-30-20-10-7-16(23)12-18(20)22(27)15-5-3-2-4-6-15/h2-12H,13H2,1H3,(H,25,26)(H2,24,28,29). The molecule has 0 spiro atoms. The van der Waals surface area contributed by atoms with E-state index < -0.39 is 15.9 Å². The highest BCUT2D eigenvalue weighted by molar-refractivity contribution is 7.89. The number of aryl methyl sites for hydroxylation is 1. The van der Waals surface area contributed by atoms with Gasteiger partial charge < -0.3 is 10.1 Å². The molecule has 0 unspecified atom stereocenters. The molecule has 7 nitrogen and oxygen atoms in total. The average molecular weight is 459 g/mol. The molecule has 0 aliphatic carbocycles. The fourth-order valence-corrected chi connectivity index (χ4v) is 3.60. The lowest BCUT2D eigenvalue weighted by Gasteiger charge is -2.13. The maximum atomic E-state index is 12.8. The monoisotopic (exact) mass is 458 g/mol. The van der Waals surface area contributed by atoms with Crippen molar-refractivity contribution in [2.24, 2.45) is 5.14 Å². The number of nitrogens with one attached hydrogen (secondary N) is 1. The fraction of sp³-hybridized carbons (Fsp3) is 0.0909. The van der Waals surface area contributed by atoms with E-state index in [1.54, 1.807) is 43.3 Å². The molecule has 3 aromatic rings. The molecule has 0 fully saturated rings. The van der Waals surface area contributed by atoms with E-state index >= 15 is 0 Å². The molecule has 0 aromatic heterocycles. The van der Waals surface area contributed by atoms with E-state index in [9.17, 15) is 18.0 Å². The van der Waals surface area contributed by atoms with E-state index in [0.29, 0.717) is 21.8 Å². The topological polar surface area (TPSA) is 116 Å². The number of hydrogen-bond acceptors (Lipinski definition) is 5. The number of ketones is 1. The number of anilines is 1. The summed E-state index contributed by atoms with van der Waals surface area (Å²) in [5.74, 6) is -0.554. The molecule has 31 heavy (non-hydrogen) atoms. The van der Waals surface area contributed by atoms with Gasteiger partial charge in [-0.25, -0.2) is 13.6 Å². The third-order valence-corrected chi connectivity index (χ3v) is 5.53. The second-order valence-electron chi connectivity index (χ2n) is 6.69. The largest absolute Gasteiger partial charge is 0.483 e. The smallest absolute Gasteiger partial charge is 0.262 e. The highest BCUT2D eigenvalue weighted by Gasteiger charge is 2.17. The van der Waals surface area contributed by atoms with Gasteiger partial charge in [-0.1, -0.05) is 41.9 Å². The van der Waals surface area contributed by atoms with Crippen molar-refractivity contribution < 1.29 is 22.7 Å². The predicted octanol–water partition coefficient (Wildman–Crippen LogP) is 3.54. The Kier molecular flexibility index (Phi) is 6.74. The van der Waals surface area contributed by atoms with Crippen molar-refractivity contribution in [1.29, 1.82) is 0 Å². The van der Waals surface area contributed by atoms with Crippen LogP contribution in [0.4, 0.5) is 5.69 Å². The Labute approximate surface area is 184 Å². The summed E-state index contributed by atoms with van der Waals surface area (Å²) >= 11 is 6.04. The molecule has 9 heteroatoms. The van der Waals surface area contributed by atoms with E-state index in [-0.39, 0.29) is 28.6 Å². The SMILES string of the molecule is Cc1cc(S(N)(=O)=O)ccc1NC(=O)COc1ccc(Cl)cc1C(=O)c1ccccc1. The van der Waals surface area contributed by atoms with E-state index in [2.05, 4.69) is 5.32 Å². The first kappa shape index (κ1) is 22.5. The second-order valence-corrected chi connectivity index (χ2v) is 8.69. The second kappa shape index (κ2) is 9.30. The Morgan fingerprint density at radius 3 is 2.39 bits per heavy atom. The van der Waals surface area contributed by atoms with Gasteiger partial charge in [-0.3, -0.25) is 9.59 Å². The zero-order chi connectivity index (χ0) is 22.6. The van der Waals surface area contributed by atoms with Crippen LogP contribution in [0.1, 0.15) is 21.5 Å². The summed E-state index contributed by atoms with van der Waals surface area (Å²) in [5.41, 5.74) is 1.63. The molecule has 1 amide bonds. The van der Waals surface area contributed by atoms with Crippen molar-refractivity contribution in [3.8, 4) is 5.75 Å². The average Bonchev–Trinajstić information content (AvgIpc) is 2.73. The minimum atomic E-state index is -3.84. The number of ether oxygens (including phenoxy) is 1. The molecule has 0 atom stereocenters. The third-order valence-electron chi connectivity index (χ3n) is 4.38. The lowest BCUT2D eigenvalue weighted by molar-refractivity contribution is -0.118. The molecule has 0 radical (unpaired) electrons. The molecule has 0 aliphatic heterocycles. The molecule has 160 valence electrons. The molecular formula is C22H19ClN2O5S. The number of primary sulfonamides is 1. The quantitative estimate of drug-likeness (QED) is 0.525. The number of nitrogens with two attached hydrogens (primary N) is 1. The van der Waals surface area contributed by atoms with Gasteiger partial charge in [-0.05, 0) is 48.9 Å². The Hall–Kier alpha value is -3.20. The van der Waals surface area contributed by atoms with Crippen LogP contribution in [0.25, 0.3) is 0 Å². The normalized spacial score (nSPS) is 11.1. The lowest BCUT2D eigenvalue weighted by atomic mass is 10.0. The van der Waals surface area contributed by atoms with Gasteiger partial charge in [0.25, 0.3) is 5.91 Å². The lowest BCUT2D eigenvalue weighted by Crippen LogP contribution is -2.21. The fourth-order valence-electron chi connectivity index (χ4n) is 2.83. The maximum Gasteiger partial charge on any atom is 0.262 e. The maximum absolute atomic E-state index is 12.8. The van der Waals surface area contributed by atoms with Crippen molar-refractivity contribution in [3.63, 3.8) is 0 Å². The number of halogens is 1. The zero-order valence-corrected chi connectivity index (χ0v) is 18.0. The number of amides is 1. The Morgan fingerprint density at radius 1 is 1.03 bits per heavy atom. The van der Waals surface area contributed by atoms with Crippen LogP contribution in [0.5, 0.6) is 5.75 Å². The van der Waals surface area contributed by atoms with Gasteiger partial charge in [0.15, 0.2) is 12.4 Å². The summed E-state index contributed by atoms with van der Waals surface area (Å²) in [5, 5.41) is 8.11.